The predicted molar refractivity (Wildman–Crippen MR) is 70.9 cm³/mol. The summed E-state index contributed by atoms with van der Waals surface area (Å²) < 4.78 is 0. The second-order valence-corrected chi connectivity index (χ2v) is 5.21. The van der Waals surface area contributed by atoms with Crippen LogP contribution >= 0.6 is 0 Å². The number of amides is 1. The highest BCUT2D eigenvalue weighted by molar-refractivity contribution is 5.81. The summed E-state index contributed by atoms with van der Waals surface area (Å²) in [6, 6.07) is 9.91. The molecule has 1 aliphatic carbocycles. The zero-order valence-corrected chi connectivity index (χ0v) is 11.0. The SMILES string of the molecule is CC1CC1C(=O)N(C)C(CCO)c1ccccc1. The van der Waals surface area contributed by atoms with E-state index in [1.54, 1.807) is 4.90 Å². The summed E-state index contributed by atoms with van der Waals surface area (Å²) in [5.41, 5.74) is 1.09. The zero-order chi connectivity index (χ0) is 13.1. The van der Waals surface area contributed by atoms with Gasteiger partial charge >= 0.3 is 0 Å². The summed E-state index contributed by atoms with van der Waals surface area (Å²) in [7, 11) is 1.85. The third kappa shape index (κ3) is 2.72. The Morgan fingerprint density at radius 1 is 1.44 bits per heavy atom. The molecule has 0 heterocycles. The first-order chi connectivity index (χ1) is 8.65. The molecule has 0 spiro atoms. The van der Waals surface area contributed by atoms with Crippen LogP contribution in [0.2, 0.25) is 0 Å². The van der Waals surface area contributed by atoms with Gasteiger partial charge in [0.1, 0.15) is 0 Å². The lowest BCUT2D eigenvalue weighted by molar-refractivity contribution is -0.134. The van der Waals surface area contributed by atoms with Crippen LogP contribution in [-0.4, -0.2) is 29.6 Å². The highest BCUT2D eigenvalue weighted by Crippen LogP contribution is 2.40. The molecule has 3 heteroatoms. The average Bonchev–Trinajstić information content (AvgIpc) is 3.12. The van der Waals surface area contributed by atoms with Gasteiger partial charge in [0.25, 0.3) is 0 Å². The summed E-state index contributed by atoms with van der Waals surface area (Å²) in [5.74, 6) is 0.926. The Hall–Kier alpha value is -1.35. The number of rotatable bonds is 5. The monoisotopic (exact) mass is 247 g/mol. The minimum atomic E-state index is -0.0171. The van der Waals surface area contributed by atoms with Crippen LogP contribution in [0.5, 0.6) is 0 Å². The number of benzene rings is 1. The number of aliphatic hydroxyl groups excluding tert-OH is 1. The Kier molecular flexibility index (Phi) is 4.02. The van der Waals surface area contributed by atoms with Gasteiger partial charge in [0.15, 0.2) is 0 Å². The van der Waals surface area contributed by atoms with Gasteiger partial charge < -0.3 is 10.0 Å². The van der Waals surface area contributed by atoms with E-state index >= 15 is 0 Å². The number of carbonyl (C=O) groups excluding carboxylic acids is 1. The number of hydrogen-bond acceptors (Lipinski definition) is 2. The van der Waals surface area contributed by atoms with E-state index in [0.29, 0.717) is 12.3 Å². The molecule has 1 aromatic carbocycles. The first kappa shape index (κ1) is 13.1. The molecule has 3 atom stereocenters. The Morgan fingerprint density at radius 2 is 2.06 bits per heavy atom. The summed E-state index contributed by atoms with van der Waals surface area (Å²) in [4.78, 5) is 14.1. The van der Waals surface area contributed by atoms with Crippen molar-refractivity contribution < 1.29 is 9.90 Å². The number of nitrogens with zero attached hydrogens (tertiary/aromatic N) is 1. The van der Waals surface area contributed by atoms with Gasteiger partial charge in [-0.25, -0.2) is 0 Å². The van der Waals surface area contributed by atoms with Crippen molar-refractivity contribution in [3.8, 4) is 0 Å². The smallest absolute Gasteiger partial charge is 0.226 e. The highest BCUT2D eigenvalue weighted by atomic mass is 16.3. The van der Waals surface area contributed by atoms with Crippen LogP contribution in [0.1, 0.15) is 31.4 Å². The van der Waals surface area contributed by atoms with Gasteiger partial charge in [-0.3, -0.25) is 4.79 Å². The van der Waals surface area contributed by atoms with Crippen LogP contribution in [0.15, 0.2) is 30.3 Å². The van der Waals surface area contributed by atoms with E-state index in [0.717, 1.165) is 12.0 Å². The van der Waals surface area contributed by atoms with E-state index in [1.165, 1.54) is 0 Å². The van der Waals surface area contributed by atoms with Gasteiger partial charge in [-0.2, -0.15) is 0 Å². The topological polar surface area (TPSA) is 40.5 Å². The minimum absolute atomic E-state index is 0.0171. The second-order valence-electron chi connectivity index (χ2n) is 5.21. The van der Waals surface area contributed by atoms with E-state index < -0.39 is 0 Å². The van der Waals surface area contributed by atoms with E-state index in [9.17, 15) is 9.90 Å². The Morgan fingerprint density at radius 3 is 2.56 bits per heavy atom. The van der Waals surface area contributed by atoms with Gasteiger partial charge in [0, 0.05) is 19.6 Å². The Bertz CT molecular complexity index is 404. The molecular formula is C15H21NO2. The maximum absolute atomic E-state index is 12.2. The maximum Gasteiger partial charge on any atom is 0.226 e. The van der Waals surface area contributed by atoms with Crippen molar-refractivity contribution in [2.45, 2.75) is 25.8 Å². The van der Waals surface area contributed by atoms with Crippen molar-refractivity contribution in [3.05, 3.63) is 35.9 Å². The van der Waals surface area contributed by atoms with E-state index in [1.807, 2.05) is 37.4 Å². The number of aliphatic hydroxyl groups is 1. The summed E-state index contributed by atoms with van der Waals surface area (Å²) in [6.45, 7) is 2.21. The third-order valence-electron chi connectivity index (χ3n) is 3.83. The fourth-order valence-corrected chi connectivity index (χ4v) is 2.46. The molecule has 0 radical (unpaired) electrons. The van der Waals surface area contributed by atoms with Gasteiger partial charge in [0.05, 0.1) is 6.04 Å². The molecule has 1 N–H and O–H groups in total. The Labute approximate surface area is 108 Å². The lowest BCUT2D eigenvalue weighted by Crippen LogP contribution is -2.33. The second kappa shape index (κ2) is 5.53. The minimum Gasteiger partial charge on any atom is -0.396 e. The molecule has 0 aromatic heterocycles. The average molecular weight is 247 g/mol. The van der Waals surface area contributed by atoms with Crippen LogP contribution in [0, 0.1) is 11.8 Å². The number of hydrogen-bond donors (Lipinski definition) is 1. The standard InChI is InChI=1S/C15H21NO2/c1-11-10-13(11)15(18)16(2)14(8-9-17)12-6-4-3-5-7-12/h3-7,11,13-14,17H,8-10H2,1-2H3. The van der Waals surface area contributed by atoms with Crippen molar-refractivity contribution >= 4 is 5.91 Å². The van der Waals surface area contributed by atoms with Crippen LogP contribution in [-0.2, 0) is 4.79 Å². The number of carbonyl (C=O) groups is 1. The first-order valence-electron chi connectivity index (χ1n) is 6.57. The van der Waals surface area contributed by atoms with Crippen molar-refractivity contribution in [2.75, 3.05) is 13.7 Å². The molecule has 1 aliphatic rings. The summed E-state index contributed by atoms with van der Waals surface area (Å²) in [5, 5.41) is 9.20. The Balaban J connectivity index is 2.12. The maximum atomic E-state index is 12.2. The molecule has 3 unspecified atom stereocenters. The third-order valence-corrected chi connectivity index (χ3v) is 3.83. The largest absolute Gasteiger partial charge is 0.396 e. The normalized spacial score (nSPS) is 23.5. The molecule has 3 nitrogen and oxygen atoms in total. The van der Waals surface area contributed by atoms with E-state index in [-0.39, 0.29) is 24.5 Å². The van der Waals surface area contributed by atoms with Crippen molar-refractivity contribution in [1.29, 1.82) is 0 Å². The molecule has 1 fully saturated rings. The molecule has 0 saturated heterocycles. The van der Waals surface area contributed by atoms with Crippen molar-refractivity contribution in [3.63, 3.8) is 0 Å². The fourth-order valence-electron chi connectivity index (χ4n) is 2.46. The zero-order valence-electron chi connectivity index (χ0n) is 11.0. The lowest BCUT2D eigenvalue weighted by atomic mass is 10.0. The molecule has 0 aliphatic heterocycles. The molecule has 1 aromatic rings. The molecule has 1 saturated carbocycles. The molecule has 2 rings (SSSR count). The fraction of sp³-hybridized carbons (Fsp3) is 0.533. The van der Waals surface area contributed by atoms with Gasteiger partial charge in [-0.15, -0.1) is 0 Å². The molecule has 98 valence electrons. The molecular weight excluding hydrogens is 226 g/mol. The van der Waals surface area contributed by atoms with E-state index in [4.69, 9.17) is 0 Å². The summed E-state index contributed by atoms with van der Waals surface area (Å²) >= 11 is 0. The quantitative estimate of drug-likeness (QED) is 0.866. The van der Waals surface area contributed by atoms with Crippen molar-refractivity contribution in [1.82, 2.24) is 4.90 Å². The van der Waals surface area contributed by atoms with Crippen LogP contribution in [0.4, 0.5) is 0 Å². The van der Waals surface area contributed by atoms with Gasteiger partial charge in [-0.05, 0) is 24.3 Å². The van der Waals surface area contributed by atoms with Crippen LogP contribution in [0.3, 0.4) is 0 Å². The van der Waals surface area contributed by atoms with Crippen LogP contribution < -0.4 is 0 Å². The lowest BCUT2D eigenvalue weighted by Gasteiger charge is -2.28. The summed E-state index contributed by atoms with van der Waals surface area (Å²) in [6.07, 6.45) is 1.59. The molecule has 1 amide bonds. The first-order valence-corrected chi connectivity index (χ1v) is 6.57. The predicted octanol–water partition coefficient (Wildman–Crippen LogP) is 2.22. The van der Waals surface area contributed by atoms with E-state index in [2.05, 4.69) is 6.92 Å². The highest BCUT2D eigenvalue weighted by Gasteiger charge is 2.42. The van der Waals surface area contributed by atoms with Crippen LogP contribution in [0.25, 0.3) is 0 Å². The molecule has 0 bridgehead atoms. The van der Waals surface area contributed by atoms with Gasteiger partial charge in [-0.1, -0.05) is 37.3 Å². The molecule has 18 heavy (non-hydrogen) atoms. The van der Waals surface area contributed by atoms with Crippen molar-refractivity contribution in [2.24, 2.45) is 11.8 Å². The van der Waals surface area contributed by atoms with Gasteiger partial charge in [0.2, 0.25) is 5.91 Å².